The summed E-state index contributed by atoms with van der Waals surface area (Å²) in [5.41, 5.74) is 3.46. The number of benzene rings is 2. The van der Waals surface area contributed by atoms with Crippen LogP contribution in [0.25, 0.3) is 11.1 Å². The van der Waals surface area contributed by atoms with Gasteiger partial charge < -0.3 is 0 Å². The molecule has 2 aromatic carbocycles. The summed E-state index contributed by atoms with van der Waals surface area (Å²) in [5.74, 6) is 0. The average Bonchev–Trinajstić information content (AvgIpc) is 2.30. The van der Waals surface area contributed by atoms with Gasteiger partial charge in [0.25, 0.3) is 0 Å². The van der Waals surface area contributed by atoms with Gasteiger partial charge in [0, 0.05) is 10.6 Å². The van der Waals surface area contributed by atoms with E-state index in [-0.39, 0.29) is 0 Å². The molecule has 0 aliphatic heterocycles. The normalized spacial score (nSPS) is 10.3. The van der Waals surface area contributed by atoms with Crippen LogP contribution in [0.3, 0.4) is 0 Å². The molecular formula is C14H12Cl. The second-order valence-corrected chi connectivity index (χ2v) is 3.84. The third kappa shape index (κ3) is 2.21. The van der Waals surface area contributed by atoms with Gasteiger partial charge in [-0.2, -0.15) is 0 Å². The Morgan fingerprint density at radius 3 is 2.73 bits per heavy atom. The van der Waals surface area contributed by atoms with Crippen LogP contribution in [0.15, 0.2) is 42.5 Å². The Balaban J connectivity index is 2.49. The van der Waals surface area contributed by atoms with Gasteiger partial charge in [0.1, 0.15) is 0 Å². The maximum Gasteiger partial charge on any atom is 0.0484 e. The lowest BCUT2D eigenvalue weighted by Crippen LogP contribution is -1.83. The average molecular weight is 216 g/mol. The second kappa shape index (κ2) is 4.50. The van der Waals surface area contributed by atoms with Crippen LogP contribution in [0, 0.1) is 6.07 Å². The molecule has 0 amide bonds. The Labute approximate surface area is 95.5 Å². The zero-order valence-corrected chi connectivity index (χ0v) is 9.38. The first-order valence-corrected chi connectivity index (χ1v) is 5.44. The molecule has 0 saturated carbocycles. The van der Waals surface area contributed by atoms with Gasteiger partial charge in [0.15, 0.2) is 0 Å². The molecule has 2 rings (SSSR count). The molecule has 2 aromatic rings. The highest BCUT2D eigenvalue weighted by molar-refractivity contribution is 6.33. The van der Waals surface area contributed by atoms with Crippen LogP contribution in [-0.4, -0.2) is 0 Å². The summed E-state index contributed by atoms with van der Waals surface area (Å²) in [6.07, 6.45) is 0.998. The highest BCUT2D eigenvalue weighted by atomic mass is 35.5. The van der Waals surface area contributed by atoms with Crippen molar-refractivity contribution in [2.45, 2.75) is 13.3 Å². The molecule has 75 valence electrons. The number of halogens is 1. The first kappa shape index (κ1) is 10.3. The SMILES string of the molecule is CCc1[c]ccc(-c2ccccc2Cl)c1. The van der Waals surface area contributed by atoms with Crippen LogP contribution in [0.2, 0.25) is 5.02 Å². The minimum atomic E-state index is 0.797. The van der Waals surface area contributed by atoms with Crippen molar-refractivity contribution < 1.29 is 0 Å². The van der Waals surface area contributed by atoms with Crippen molar-refractivity contribution in [2.75, 3.05) is 0 Å². The summed E-state index contributed by atoms with van der Waals surface area (Å²) in [6.45, 7) is 2.13. The first-order chi connectivity index (χ1) is 7.31. The van der Waals surface area contributed by atoms with Crippen molar-refractivity contribution in [3.63, 3.8) is 0 Å². The van der Waals surface area contributed by atoms with Gasteiger partial charge in [0.05, 0.1) is 0 Å². The molecule has 1 radical (unpaired) electrons. The number of hydrogen-bond acceptors (Lipinski definition) is 0. The highest BCUT2D eigenvalue weighted by Crippen LogP contribution is 2.27. The van der Waals surface area contributed by atoms with Crippen LogP contribution < -0.4 is 0 Å². The number of hydrogen-bond donors (Lipinski definition) is 0. The Bertz CT molecular complexity index is 460. The molecule has 0 unspecified atom stereocenters. The number of rotatable bonds is 2. The van der Waals surface area contributed by atoms with E-state index in [2.05, 4.69) is 19.1 Å². The van der Waals surface area contributed by atoms with Crippen LogP contribution in [0.4, 0.5) is 0 Å². The topological polar surface area (TPSA) is 0 Å². The summed E-state index contributed by atoms with van der Waals surface area (Å²) in [6, 6.07) is 17.2. The third-order valence-corrected chi connectivity index (χ3v) is 2.76. The van der Waals surface area contributed by atoms with Crippen LogP contribution >= 0.6 is 11.6 Å². The first-order valence-electron chi connectivity index (χ1n) is 5.07. The summed E-state index contributed by atoms with van der Waals surface area (Å²) in [5, 5.41) is 0.797. The maximum absolute atomic E-state index is 6.14. The third-order valence-electron chi connectivity index (χ3n) is 2.43. The molecule has 15 heavy (non-hydrogen) atoms. The highest BCUT2D eigenvalue weighted by Gasteiger charge is 2.02. The summed E-state index contributed by atoms with van der Waals surface area (Å²) in [7, 11) is 0. The van der Waals surface area contributed by atoms with E-state index in [1.165, 1.54) is 5.56 Å². The second-order valence-electron chi connectivity index (χ2n) is 3.44. The Kier molecular flexibility index (Phi) is 3.08. The lowest BCUT2D eigenvalue weighted by atomic mass is 10.0. The fraction of sp³-hybridized carbons (Fsp3) is 0.143. The molecule has 0 heterocycles. The predicted molar refractivity (Wildman–Crippen MR) is 65.1 cm³/mol. The molecule has 0 aliphatic carbocycles. The molecular weight excluding hydrogens is 204 g/mol. The van der Waals surface area contributed by atoms with E-state index < -0.39 is 0 Å². The lowest BCUT2D eigenvalue weighted by molar-refractivity contribution is 1.14. The van der Waals surface area contributed by atoms with E-state index in [1.54, 1.807) is 0 Å². The molecule has 0 bridgehead atoms. The monoisotopic (exact) mass is 215 g/mol. The molecule has 0 spiro atoms. The smallest absolute Gasteiger partial charge is 0.0484 e. The zero-order valence-electron chi connectivity index (χ0n) is 8.63. The molecule has 0 aliphatic rings. The van der Waals surface area contributed by atoms with Crippen molar-refractivity contribution in [3.05, 3.63) is 59.1 Å². The molecule has 0 saturated heterocycles. The Morgan fingerprint density at radius 1 is 1.20 bits per heavy atom. The standard InChI is InChI=1S/C14H12Cl/c1-2-11-6-5-7-12(10-11)13-8-3-4-9-14(13)15/h3-5,7-10H,2H2,1H3. The van der Waals surface area contributed by atoms with Crippen LogP contribution in [0.5, 0.6) is 0 Å². The Hall–Kier alpha value is -1.27. The molecule has 0 nitrogen and oxygen atoms in total. The van der Waals surface area contributed by atoms with Gasteiger partial charge in [0.2, 0.25) is 0 Å². The van der Waals surface area contributed by atoms with Gasteiger partial charge >= 0.3 is 0 Å². The van der Waals surface area contributed by atoms with Crippen molar-refractivity contribution in [2.24, 2.45) is 0 Å². The van der Waals surface area contributed by atoms with E-state index in [4.69, 9.17) is 11.6 Å². The summed E-state index contributed by atoms with van der Waals surface area (Å²) in [4.78, 5) is 0. The van der Waals surface area contributed by atoms with Crippen molar-refractivity contribution in [1.29, 1.82) is 0 Å². The van der Waals surface area contributed by atoms with Crippen molar-refractivity contribution in [3.8, 4) is 11.1 Å². The summed E-state index contributed by atoms with van der Waals surface area (Å²) < 4.78 is 0. The largest absolute Gasteiger partial charge is 0.0837 e. The van der Waals surface area contributed by atoms with E-state index in [1.807, 2.05) is 36.4 Å². The molecule has 0 N–H and O–H groups in total. The molecule has 0 atom stereocenters. The van der Waals surface area contributed by atoms with E-state index in [9.17, 15) is 0 Å². The summed E-state index contributed by atoms with van der Waals surface area (Å²) >= 11 is 6.14. The van der Waals surface area contributed by atoms with Crippen molar-refractivity contribution >= 4 is 11.6 Å². The maximum atomic E-state index is 6.14. The van der Waals surface area contributed by atoms with Gasteiger partial charge in [-0.15, -0.1) is 0 Å². The van der Waals surface area contributed by atoms with Gasteiger partial charge in [-0.1, -0.05) is 54.9 Å². The quantitative estimate of drug-likeness (QED) is 0.698. The predicted octanol–water partition coefficient (Wildman–Crippen LogP) is 4.37. The van der Waals surface area contributed by atoms with E-state index in [0.717, 1.165) is 22.6 Å². The molecule has 0 aromatic heterocycles. The minimum Gasteiger partial charge on any atom is -0.0837 e. The Morgan fingerprint density at radius 2 is 2.00 bits per heavy atom. The van der Waals surface area contributed by atoms with Crippen molar-refractivity contribution in [1.82, 2.24) is 0 Å². The zero-order chi connectivity index (χ0) is 10.7. The fourth-order valence-electron chi connectivity index (χ4n) is 1.58. The molecule has 1 heteroatoms. The van der Waals surface area contributed by atoms with E-state index >= 15 is 0 Å². The van der Waals surface area contributed by atoms with Gasteiger partial charge in [-0.3, -0.25) is 0 Å². The minimum absolute atomic E-state index is 0.797. The lowest BCUT2D eigenvalue weighted by Gasteiger charge is -2.05. The van der Waals surface area contributed by atoms with Gasteiger partial charge in [-0.25, -0.2) is 0 Å². The van der Waals surface area contributed by atoms with Crippen LogP contribution in [0.1, 0.15) is 12.5 Å². The number of aryl methyl sites for hydroxylation is 1. The molecule has 0 fully saturated rings. The van der Waals surface area contributed by atoms with Gasteiger partial charge in [-0.05, 0) is 29.7 Å². The van der Waals surface area contributed by atoms with Crippen LogP contribution in [-0.2, 0) is 6.42 Å². The fourth-order valence-corrected chi connectivity index (χ4v) is 1.83. The van der Waals surface area contributed by atoms with E-state index in [0.29, 0.717) is 0 Å².